The van der Waals surface area contributed by atoms with Gasteiger partial charge in [-0.1, -0.05) is 0 Å². The predicted molar refractivity (Wildman–Crippen MR) is 85.7 cm³/mol. The minimum atomic E-state index is -0.593. The molecule has 0 radical (unpaired) electrons. The number of thiophene rings is 2. The molecular weight excluding hydrogens is 482 g/mol. The van der Waals surface area contributed by atoms with Gasteiger partial charge in [0.2, 0.25) is 5.79 Å². The number of ether oxygens (including phenoxy) is 2. The van der Waals surface area contributed by atoms with Crippen molar-refractivity contribution in [3.05, 3.63) is 29.0 Å². The summed E-state index contributed by atoms with van der Waals surface area (Å²) in [6, 6.07) is 4.40. The SMILES string of the molecule is Ic1cc2c(s1)-c1sc(I)cc1C21OCCO1. The largest absolute Gasteiger partial charge is 0.340 e. The first kappa shape index (κ1) is 11.6. The van der Waals surface area contributed by atoms with Gasteiger partial charge in [0, 0.05) is 11.1 Å². The van der Waals surface area contributed by atoms with E-state index >= 15 is 0 Å². The van der Waals surface area contributed by atoms with E-state index in [2.05, 4.69) is 57.3 Å². The molecule has 3 heterocycles. The van der Waals surface area contributed by atoms with E-state index in [4.69, 9.17) is 9.47 Å². The minimum absolute atomic E-state index is 0.593. The van der Waals surface area contributed by atoms with Gasteiger partial charge in [-0.2, -0.15) is 0 Å². The monoisotopic (exact) mass is 488 g/mol. The first-order valence-electron chi connectivity index (χ1n) is 5.08. The lowest BCUT2D eigenvalue weighted by atomic mass is 10.1. The van der Waals surface area contributed by atoms with Crippen LogP contribution in [0.5, 0.6) is 0 Å². The van der Waals surface area contributed by atoms with Crippen molar-refractivity contribution in [2.24, 2.45) is 0 Å². The number of hydrogen-bond donors (Lipinski definition) is 0. The molecule has 1 fully saturated rings. The lowest BCUT2D eigenvalue weighted by Crippen LogP contribution is -2.25. The molecule has 0 atom stereocenters. The van der Waals surface area contributed by atoms with Crippen LogP contribution in [0.25, 0.3) is 9.75 Å². The maximum Gasteiger partial charge on any atom is 0.225 e. The molecule has 4 rings (SSSR count). The van der Waals surface area contributed by atoms with Crippen LogP contribution in [0.3, 0.4) is 0 Å². The van der Waals surface area contributed by atoms with Gasteiger partial charge in [0.1, 0.15) is 0 Å². The third-order valence-electron chi connectivity index (χ3n) is 3.01. The summed E-state index contributed by atoms with van der Waals surface area (Å²) >= 11 is 8.39. The van der Waals surface area contributed by atoms with Gasteiger partial charge in [-0.25, -0.2) is 0 Å². The van der Waals surface area contributed by atoms with E-state index in [1.807, 2.05) is 22.7 Å². The van der Waals surface area contributed by atoms with Crippen molar-refractivity contribution in [3.8, 4) is 9.75 Å². The molecule has 0 unspecified atom stereocenters. The standard InChI is InChI=1S/C11H6I2O2S2/c12-7-3-5-9(16-7)10-6(4-8(13)17-10)11(5)14-1-2-15-11/h3-4H,1-2H2. The maximum atomic E-state index is 5.97. The Morgan fingerprint density at radius 3 is 1.88 bits per heavy atom. The second-order valence-electron chi connectivity index (χ2n) is 3.90. The minimum Gasteiger partial charge on any atom is -0.340 e. The molecule has 0 saturated carbocycles. The highest BCUT2D eigenvalue weighted by atomic mass is 127. The van der Waals surface area contributed by atoms with Gasteiger partial charge in [0.25, 0.3) is 0 Å². The van der Waals surface area contributed by atoms with Crippen molar-refractivity contribution in [2.45, 2.75) is 5.79 Å². The van der Waals surface area contributed by atoms with Crippen molar-refractivity contribution in [2.75, 3.05) is 13.2 Å². The molecule has 0 amide bonds. The Bertz CT molecular complexity index is 563. The van der Waals surface area contributed by atoms with Crippen LogP contribution in [0.15, 0.2) is 12.1 Å². The fraction of sp³-hybridized carbons (Fsp3) is 0.273. The smallest absolute Gasteiger partial charge is 0.225 e. The van der Waals surface area contributed by atoms with E-state index in [-0.39, 0.29) is 0 Å². The number of halogens is 2. The summed E-state index contributed by atoms with van der Waals surface area (Å²) in [5.74, 6) is -0.593. The van der Waals surface area contributed by atoms with Crippen LogP contribution in [0.2, 0.25) is 0 Å². The summed E-state index contributed by atoms with van der Waals surface area (Å²) in [6.07, 6.45) is 0. The van der Waals surface area contributed by atoms with Gasteiger partial charge >= 0.3 is 0 Å². The molecule has 1 saturated heterocycles. The van der Waals surface area contributed by atoms with Gasteiger partial charge in [-0.05, 0) is 57.3 Å². The first-order valence-corrected chi connectivity index (χ1v) is 8.88. The Hall–Kier alpha value is 0.780. The fourth-order valence-electron chi connectivity index (χ4n) is 2.42. The van der Waals surface area contributed by atoms with Gasteiger partial charge in [-0.15, -0.1) is 22.7 Å². The first-order chi connectivity index (χ1) is 8.21. The van der Waals surface area contributed by atoms with E-state index in [0.717, 1.165) is 0 Å². The Kier molecular flexibility index (Phi) is 2.65. The average molecular weight is 488 g/mol. The molecule has 0 N–H and O–H groups in total. The molecule has 17 heavy (non-hydrogen) atoms. The van der Waals surface area contributed by atoms with Gasteiger partial charge in [0.05, 0.1) is 28.7 Å². The van der Waals surface area contributed by atoms with Crippen molar-refractivity contribution in [1.82, 2.24) is 0 Å². The molecular formula is C11H6I2O2S2. The van der Waals surface area contributed by atoms with Crippen molar-refractivity contribution < 1.29 is 9.47 Å². The van der Waals surface area contributed by atoms with E-state index in [9.17, 15) is 0 Å². The molecule has 1 aliphatic heterocycles. The quantitative estimate of drug-likeness (QED) is 0.517. The van der Waals surface area contributed by atoms with Crippen LogP contribution in [-0.2, 0) is 15.3 Å². The molecule has 0 bridgehead atoms. The zero-order chi connectivity index (χ0) is 11.6. The van der Waals surface area contributed by atoms with E-state index in [1.54, 1.807) is 0 Å². The van der Waals surface area contributed by atoms with Crippen LogP contribution in [0.4, 0.5) is 0 Å². The van der Waals surface area contributed by atoms with Gasteiger partial charge in [-0.3, -0.25) is 0 Å². The fourth-order valence-corrected chi connectivity index (χ4v) is 6.37. The Labute approximate surface area is 134 Å². The van der Waals surface area contributed by atoms with Crippen molar-refractivity contribution in [1.29, 1.82) is 0 Å². The molecule has 6 heteroatoms. The number of rotatable bonds is 0. The highest BCUT2D eigenvalue weighted by Gasteiger charge is 2.50. The van der Waals surface area contributed by atoms with Crippen molar-refractivity contribution >= 4 is 67.9 Å². The number of fused-ring (bicyclic) bond motifs is 5. The molecule has 1 aliphatic carbocycles. The Morgan fingerprint density at radius 1 is 0.941 bits per heavy atom. The van der Waals surface area contributed by atoms with Crippen molar-refractivity contribution in [3.63, 3.8) is 0 Å². The second kappa shape index (κ2) is 3.89. The lowest BCUT2D eigenvalue weighted by molar-refractivity contribution is -0.126. The third kappa shape index (κ3) is 1.48. The molecule has 88 valence electrons. The summed E-state index contributed by atoms with van der Waals surface area (Å²) in [7, 11) is 0. The summed E-state index contributed by atoms with van der Waals surface area (Å²) in [5.41, 5.74) is 2.42. The predicted octanol–water partition coefficient (Wildman–Crippen LogP) is 4.25. The topological polar surface area (TPSA) is 18.5 Å². The Morgan fingerprint density at radius 2 is 1.41 bits per heavy atom. The molecule has 2 aromatic heterocycles. The van der Waals surface area contributed by atoms with Crippen LogP contribution in [-0.4, -0.2) is 13.2 Å². The van der Waals surface area contributed by atoms with Crippen LogP contribution >= 0.6 is 67.9 Å². The zero-order valence-corrected chi connectivity index (χ0v) is 14.4. The van der Waals surface area contributed by atoms with E-state index in [1.165, 1.54) is 26.6 Å². The van der Waals surface area contributed by atoms with E-state index in [0.29, 0.717) is 13.2 Å². The van der Waals surface area contributed by atoms with Crippen LogP contribution in [0.1, 0.15) is 11.1 Å². The average Bonchev–Trinajstić information content (AvgIpc) is 2.96. The van der Waals surface area contributed by atoms with E-state index < -0.39 is 5.79 Å². The second-order valence-corrected chi connectivity index (χ2v) is 9.79. The Balaban J connectivity index is 2.06. The summed E-state index contributed by atoms with van der Waals surface area (Å²) in [4.78, 5) is 2.67. The molecule has 0 aromatic carbocycles. The highest BCUT2D eigenvalue weighted by Crippen LogP contribution is 2.57. The summed E-state index contributed by atoms with van der Waals surface area (Å²) < 4.78 is 14.5. The molecule has 2 aliphatic rings. The lowest BCUT2D eigenvalue weighted by Gasteiger charge is -2.22. The summed E-state index contributed by atoms with van der Waals surface area (Å²) in [6.45, 7) is 1.36. The van der Waals surface area contributed by atoms with Crippen LogP contribution in [0, 0.1) is 5.77 Å². The third-order valence-corrected chi connectivity index (χ3v) is 6.97. The molecule has 2 aromatic rings. The summed E-state index contributed by atoms with van der Waals surface area (Å²) in [5, 5.41) is 0. The zero-order valence-electron chi connectivity index (χ0n) is 8.46. The van der Waals surface area contributed by atoms with Gasteiger partial charge in [0.15, 0.2) is 0 Å². The molecule has 2 nitrogen and oxygen atoms in total. The highest BCUT2D eigenvalue weighted by molar-refractivity contribution is 14.1. The maximum absolute atomic E-state index is 5.97. The van der Waals surface area contributed by atoms with Gasteiger partial charge < -0.3 is 9.47 Å². The number of hydrogen-bond acceptors (Lipinski definition) is 4. The normalized spacial score (nSPS) is 19.9. The van der Waals surface area contributed by atoms with Crippen LogP contribution < -0.4 is 0 Å². The molecule has 1 spiro atoms.